The van der Waals surface area contributed by atoms with Crippen LogP contribution in [0.2, 0.25) is 0 Å². The molecule has 0 unspecified atom stereocenters. The Morgan fingerprint density at radius 1 is 1.08 bits per heavy atom. The van der Waals surface area contributed by atoms with E-state index >= 15 is 0 Å². The average Bonchev–Trinajstić information content (AvgIpc) is 2.83. The van der Waals surface area contributed by atoms with Gasteiger partial charge < -0.3 is 4.74 Å². The van der Waals surface area contributed by atoms with Gasteiger partial charge in [-0.15, -0.1) is 0 Å². The minimum absolute atomic E-state index is 0.139. The predicted octanol–water partition coefficient (Wildman–Crippen LogP) is 3.24. The standard InChI is InChI=1S/C19H19N3O2/c1-14-18(20-13-15-8-7-11-17(12-15)24-3)19(23)22(21(14)2)16-9-5-4-6-10-16/h4-13H,1-3H3. The first-order valence-corrected chi connectivity index (χ1v) is 7.64. The molecule has 0 radical (unpaired) electrons. The largest absolute Gasteiger partial charge is 0.497 e. The minimum atomic E-state index is -0.139. The summed E-state index contributed by atoms with van der Waals surface area (Å²) < 4.78 is 8.64. The van der Waals surface area contributed by atoms with Gasteiger partial charge in [0.2, 0.25) is 0 Å². The van der Waals surface area contributed by atoms with Gasteiger partial charge in [-0.1, -0.05) is 30.3 Å². The summed E-state index contributed by atoms with van der Waals surface area (Å²) in [5.74, 6) is 0.755. The van der Waals surface area contributed by atoms with E-state index in [-0.39, 0.29) is 5.56 Å². The zero-order chi connectivity index (χ0) is 17.1. The number of aromatic nitrogens is 2. The van der Waals surface area contributed by atoms with E-state index in [1.54, 1.807) is 18.0 Å². The molecule has 0 aliphatic heterocycles. The van der Waals surface area contributed by atoms with Crippen molar-refractivity contribution in [1.82, 2.24) is 9.36 Å². The molecule has 0 atom stereocenters. The number of nitrogens with zero attached hydrogens (tertiary/aromatic N) is 3. The summed E-state index contributed by atoms with van der Waals surface area (Å²) in [6.45, 7) is 1.89. The molecule has 0 amide bonds. The molecule has 0 bridgehead atoms. The molecule has 5 nitrogen and oxygen atoms in total. The summed E-state index contributed by atoms with van der Waals surface area (Å²) in [6, 6.07) is 17.1. The first kappa shape index (κ1) is 15.8. The van der Waals surface area contributed by atoms with Gasteiger partial charge in [-0.3, -0.25) is 9.48 Å². The molecule has 122 valence electrons. The van der Waals surface area contributed by atoms with Crippen LogP contribution in [0, 0.1) is 6.92 Å². The van der Waals surface area contributed by atoms with Crippen LogP contribution in [0.1, 0.15) is 11.3 Å². The maximum Gasteiger partial charge on any atom is 0.297 e. The van der Waals surface area contributed by atoms with Crippen molar-refractivity contribution in [3.8, 4) is 11.4 Å². The van der Waals surface area contributed by atoms with Gasteiger partial charge in [0.1, 0.15) is 5.75 Å². The number of aliphatic imine (C=N–C) groups is 1. The van der Waals surface area contributed by atoms with Crippen LogP contribution in [0.25, 0.3) is 5.69 Å². The van der Waals surface area contributed by atoms with E-state index in [2.05, 4.69) is 4.99 Å². The topological polar surface area (TPSA) is 48.5 Å². The Kier molecular flexibility index (Phi) is 4.33. The van der Waals surface area contributed by atoms with E-state index in [0.29, 0.717) is 5.69 Å². The lowest BCUT2D eigenvalue weighted by Crippen LogP contribution is -2.19. The average molecular weight is 321 g/mol. The summed E-state index contributed by atoms with van der Waals surface area (Å²) in [4.78, 5) is 17.2. The van der Waals surface area contributed by atoms with Crippen LogP contribution in [-0.4, -0.2) is 22.7 Å². The fraction of sp³-hybridized carbons (Fsp3) is 0.158. The number of hydrogen-bond donors (Lipinski definition) is 0. The molecule has 1 heterocycles. The molecule has 0 saturated carbocycles. The van der Waals surface area contributed by atoms with E-state index in [0.717, 1.165) is 22.7 Å². The van der Waals surface area contributed by atoms with Gasteiger partial charge in [0.15, 0.2) is 5.69 Å². The van der Waals surface area contributed by atoms with Crippen molar-refractivity contribution >= 4 is 11.9 Å². The van der Waals surface area contributed by atoms with Crippen molar-refractivity contribution < 1.29 is 4.74 Å². The van der Waals surface area contributed by atoms with E-state index in [9.17, 15) is 4.79 Å². The van der Waals surface area contributed by atoms with Gasteiger partial charge >= 0.3 is 0 Å². The highest BCUT2D eigenvalue weighted by atomic mass is 16.5. The van der Waals surface area contributed by atoms with Gasteiger partial charge in [0.05, 0.1) is 18.5 Å². The lowest BCUT2D eigenvalue weighted by atomic mass is 10.2. The number of hydrogen-bond acceptors (Lipinski definition) is 3. The van der Waals surface area contributed by atoms with Gasteiger partial charge in [-0.2, -0.15) is 0 Å². The smallest absolute Gasteiger partial charge is 0.297 e. The van der Waals surface area contributed by atoms with E-state index < -0.39 is 0 Å². The van der Waals surface area contributed by atoms with Crippen molar-refractivity contribution in [3.63, 3.8) is 0 Å². The number of rotatable bonds is 4. The van der Waals surface area contributed by atoms with Crippen LogP contribution < -0.4 is 10.3 Å². The van der Waals surface area contributed by atoms with Gasteiger partial charge in [-0.05, 0) is 36.8 Å². The molecule has 2 aromatic carbocycles. The molecule has 24 heavy (non-hydrogen) atoms. The monoisotopic (exact) mass is 321 g/mol. The highest BCUT2D eigenvalue weighted by Gasteiger charge is 2.14. The van der Waals surface area contributed by atoms with E-state index in [4.69, 9.17) is 4.74 Å². The number of para-hydroxylation sites is 1. The fourth-order valence-corrected chi connectivity index (χ4v) is 2.56. The zero-order valence-electron chi connectivity index (χ0n) is 13.9. The highest BCUT2D eigenvalue weighted by Crippen LogP contribution is 2.17. The number of ether oxygens (including phenoxy) is 1. The second kappa shape index (κ2) is 6.58. The van der Waals surface area contributed by atoms with Crippen molar-refractivity contribution in [2.45, 2.75) is 6.92 Å². The zero-order valence-corrected chi connectivity index (χ0v) is 13.9. The predicted molar refractivity (Wildman–Crippen MR) is 96.0 cm³/mol. The van der Waals surface area contributed by atoms with Crippen LogP contribution in [0.3, 0.4) is 0 Å². The van der Waals surface area contributed by atoms with Crippen LogP contribution in [0.4, 0.5) is 5.69 Å². The highest BCUT2D eigenvalue weighted by molar-refractivity contribution is 5.82. The summed E-state index contributed by atoms with van der Waals surface area (Å²) in [5, 5.41) is 0. The summed E-state index contributed by atoms with van der Waals surface area (Å²) in [7, 11) is 3.48. The van der Waals surface area contributed by atoms with E-state index in [1.807, 2.05) is 73.3 Å². The van der Waals surface area contributed by atoms with E-state index in [1.165, 1.54) is 0 Å². The SMILES string of the molecule is COc1cccc(C=Nc2c(C)n(C)n(-c3ccccc3)c2=O)c1. The maximum atomic E-state index is 12.8. The Labute approximate surface area is 140 Å². The molecule has 0 aliphatic carbocycles. The third kappa shape index (κ3) is 2.88. The number of benzene rings is 2. The molecular weight excluding hydrogens is 302 g/mol. The Hall–Kier alpha value is -3.08. The third-order valence-electron chi connectivity index (χ3n) is 3.96. The lowest BCUT2D eigenvalue weighted by molar-refractivity contribution is 0.415. The lowest BCUT2D eigenvalue weighted by Gasteiger charge is -2.07. The molecule has 0 saturated heterocycles. The molecule has 0 spiro atoms. The Morgan fingerprint density at radius 2 is 1.83 bits per heavy atom. The molecule has 3 rings (SSSR count). The molecule has 0 aliphatic rings. The van der Waals surface area contributed by atoms with Gasteiger partial charge in [-0.25, -0.2) is 9.67 Å². The number of methoxy groups -OCH3 is 1. The van der Waals surface area contributed by atoms with Crippen LogP contribution in [-0.2, 0) is 7.05 Å². The second-order valence-electron chi connectivity index (χ2n) is 5.44. The van der Waals surface area contributed by atoms with Crippen molar-refractivity contribution in [3.05, 3.63) is 76.2 Å². The molecule has 0 N–H and O–H groups in total. The quantitative estimate of drug-likeness (QED) is 0.693. The molecule has 3 aromatic rings. The minimum Gasteiger partial charge on any atom is -0.497 e. The second-order valence-corrected chi connectivity index (χ2v) is 5.44. The Bertz CT molecular complexity index is 937. The Morgan fingerprint density at radius 3 is 2.54 bits per heavy atom. The summed E-state index contributed by atoms with van der Waals surface area (Å²) in [5.41, 5.74) is 2.80. The van der Waals surface area contributed by atoms with Crippen LogP contribution in [0.15, 0.2) is 64.4 Å². The Balaban J connectivity index is 2.03. The van der Waals surface area contributed by atoms with Crippen molar-refractivity contribution in [1.29, 1.82) is 0 Å². The normalized spacial score (nSPS) is 11.1. The summed E-state index contributed by atoms with van der Waals surface area (Å²) >= 11 is 0. The van der Waals surface area contributed by atoms with Crippen LogP contribution in [0.5, 0.6) is 5.75 Å². The van der Waals surface area contributed by atoms with Crippen molar-refractivity contribution in [2.75, 3.05) is 7.11 Å². The maximum absolute atomic E-state index is 12.8. The van der Waals surface area contributed by atoms with Crippen molar-refractivity contribution in [2.24, 2.45) is 12.0 Å². The van der Waals surface area contributed by atoms with Crippen LogP contribution >= 0.6 is 0 Å². The molecule has 0 fully saturated rings. The first-order valence-electron chi connectivity index (χ1n) is 7.64. The van der Waals surface area contributed by atoms with Gasteiger partial charge in [0, 0.05) is 13.3 Å². The molecular formula is C19H19N3O2. The third-order valence-corrected chi connectivity index (χ3v) is 3.96. The molecule has 1 aromatic heterocycles. The van der Waals surface area contributed by atoms with Gasteiger partial charge in [0.25, 0.3) is 5.56 Å². The fourth-order valence-electron chi connectivity index (χ4n) is 2.56. The first-order chi connectivity index (χ1) is 11.6. The molecule has 5 heteroatoms. The summed E-state index contributed by atoms with van der Waals surface area (Å²) in [6.07, 6.45) is 1.68.